The first kappa shape index (κ1) is 14.9. The number of hydrogen-bond donors (Lipinski definition) is 2. The Morgan fingerprint density at radius 1 is 1.42 bits per heavy atom. The van der Waals surface area contributed by atoms with Crippen molar-refractivity contribution in [2.45, 2.75) is 43.0 Å². The molecule has 2 unspecified atom stereocenters. The van der Waals surface area contributed by atoms with Crippen LogP contribution in [0.1, 0.15) is 31.2 Å². The maximum absolute atomic E-state index is 9.68. The molecule has 0 bridgehead atoms. The first-order valence-corrected chi connectivity index (χ1v) is 8.18. The second kappa shape index (κ2) is 6.78. The summed E-state index contributed by atoms with van der Waals surface area (Å²) in [5, 5.41) is 13.1. The Balaban J connectivity index is 1.87. The minimum Gasteiger partial charge on any atom is -0.394 e. The lowest BCUT2D eigenvalue weighted by molar-refractivity contribution is 0.130. The lowest BCUT2D eigenvalue weighted by Gasteiger charge is -2.33. The minimum atomic E-state index is -0.0215. The van der Waals surface area contributed by atoms with E-state index in [0.717, 1.165) is 12.2 Å². The Kier molecular flexibility index (Phi) is 5.31. The van der Waals surface area contributed by atoms with E-state index >= 15 is 0 Å². The van der Waals surface area contributed by atoms with E-state index in [1.807, 2.05) is 18.8 Å². The highest BCUT2D eigenvalue weighted by Gasteiger charge is 2.40. The van der Waals surface area contributed by atoms with E-state index in [-0.39, 0.29) is 12.1 Å². The molecule has 0 aliphatic heterocycles. The molecule has 19 heavy (non-hydrogen) atoms. The van der Waals surface area contributed by atoms with Gasteiger partial charge in [-0.3, -0.25) is 0 Å². The van der Waals surface area contributed by atoms with Crippen LogP contribution in [-0.4, -0.2) is 30.1 Å². The Bertz CT molecular complexity index is 403. The smallest absolute Gasteiger partial charge is 0.0615 e. The summed E-state index contributed by atoms with van der Waals surface area (Å²) >= 11 is 1.95. The molecule has 2 atom stereocenters. The number of nitrogens with one attached hydrogen (secondary N) is 1. The molecule has 2 nitrogen and oxygen atoms in total. The van der Waals surface area contributed by atoms with Crippen LogP contribution in [0, 0.1) is 12.8 Å². The van der Waals surface area contributed by atoms with Gasteiger partial charge in [-0.15, -0.1) is 11.8 Å². The van der Waals surface area contributed by atoms with Crippen molar-refractivity contribution in [2.75, 3.05) is 19.4 Å². The van der Waals surface area contributed by atoms with Crippen molar-refractivity contribution < 1.29 is 5.11 Å². The summed E-state index contributed by atoms with van der Waals surface area (Å²) in [4.78, 5) is 1.39. The molecule has 0 saturated heterocycles. The molecule has 0 spiro atoms. The third-order valence-electron chi connectivity index (χ3n) is 4.55. The van der Waals surface area contributed by atoms with Gasteiger partial charge in [-0.2, -0.15) is 0 Å². The molecule has 1 aromatic carbocycles. The Hall–Kier alpha value is -0.510. The van der Waals surface area contributed by atoms with Crippen LogP contribution >= 0.6 is 11.8 Å². The first-order valence-electron chi connectivity index (χ1n) is 7.20. The van der Waals surface area contributed by atoms with Crippen LogP contribution in [0.5, 0.6) is 0 Å². The van der Waals surface area contributed by atoms with E-state index in [0.29, 0.717) is 5.92 Å². The lowest BCUT2D eigenvalue weighted by atomic mass is 9.86. The predicted octanol–water partition coefficient (Wildman–Crippen LogP) is 3.23. The Morgan fingerprint density at radius 2 is 2.21 bits per heavy atom. The van der Waals surface area contributed by atoms with Gasteiger partial charge in [0.25, 0.3) is 0 Å². The van der Waals surface area contributed by atoms with Gasteiger partial charge < -0.3 is 10.4 Å². The van der Waals surface area contributed by atoms with Gasteiger partial charge >= 0.3 is 0 Å². The van der Waals surface area contributed by atoms with Crippen LogP contribution < -0.4 is 5.32 Å². The minimum absolute atomic E-state index is 0.0215. The van der Waals surface area contributed by atoms with Crippen molar-refractivity contribution in [1.29, 1.82) is 0 Å². The molecule has 1 fully saturated rings. The summed E-state index contributed by atoms with van der Waals surface area (Å²) in [6.07, 6.45) is 4.77. The van der Waals surface area contributed by atoms with Crippen LogP contribution in [0.15, 0.2) is 29.2 Å². The van der Waals surface area contributed by atoms with Crippen molar-refractivity contribution in [1.82, 2.24) is 5.32 Å². The zero-order valence-electron chi connectivity index (χ0n) is 12.0. The molecule has 0 aromatic heterocycles. The molecule has 0 amide bonds. The largest absolute Gasteiger partial charge is 0.394 e. The number of likely N-dealkylation sites (N-methyl/N-ethyl adjacent to an activating group) is 1. The number of aliphatic hydroxyl groups excluding tert-OH is 1. The third kappa shape index (κ3) is 3.33. The summed E-state index contributed by atoms with van der Waals surface area (Å²) in [7, 11) is 1.99. The lowest BCUT2D eigenvalue weighted by Crippen LogP contribution is -2.49. The molecule has 0 radical (unpaired) electrons. The highest BCUT2D eigenvalue weighted by atomic mass is 32.2. The van der Waals surface area contributed by atoms with Gasteiger partial charge in [0, 0.05) is 10.4 Å². The summed E-state index contributed by atoms with van der Waals surface area (Å²) < 4.78 is 0. The summed E-state index contributed by atoms with van der Waals surface area (Å²) in [6, 6.07) is 8.57. The number of aliphatic hydroxyl groups is 1. The van der Waals surface area contributed by atoms with E-state index < -0.39 is 0 Å². The SMILES string of the molecule is CNC1(CO)CCCC1CCSc1ccccc1C. The second-order valence-corrected chi connectivity index (χ2v) is 6.69. The number of hydrogen-bond acceptors (Lipinski definition) is 3. The van der Waals surface area contributed by atoms with Crippen molar-refractivity contribution in [3.8, 4) is 0 Å². The van der Waals surface area contributed by atoms with Crippen molar-refractivity contribution in [3.63, 3.8) is 0 Å². The molecule has 106 valence electrons. The molecule has 1 aliphatic carbocycles. The fourth-order valence-corrected chi connectivity index (χ4v) is 4.30. The van der Waals surface area contributed by atoms with Gasteiger partial charge in [-0.1, -0.05) is 24.6 Å². The molecule has 0 heterocycles. The molecule has 2 rings (SSSR count). The van der Waals surface area contributed by atoms with E-state index in [1.165, 1.54) is 29.7 Å². The van der Waals surface area contributed by atoms with Crippen molar-refractivity contribution in [2.24, 2.45) is 5.92 Å². The maximum Gasteiger partial charge on any atom is 0.0615 e. The van der Waals surface area contributed by atoms with E-state index in [2.05, 4.69) is 36.5 Å². The summed E-state index contributed by atoms with van der Waals surface area (Å²) in [5.41, 5.74) is 1.34. The Labute approximate surface area is 121 Å². The quantitative estimate of drug-likeness (QED) is 0.784. The van der Waals surface area contributed by atoms with Crippen LogP contribution in [0.25, 0.3) is 0 Å². The maximum atomic E-state index is 9.68. The van der Waals surface area contributed by atoms with Gasteiger partial charge in [-0.25, -0.2) is 0 Å². The van der Waals surface area contributed by atoms with Crippen LogP contribution in [-0.2, 0) is 0 Å². The van der Waals surface area contributed by atoms with Gasteiger partial charge in [0.2, 0.25) is 0 Å². The van der Waals surface area contributed by atoms with E-state index in [4.69, 9.17) is 0 Å². The van der Waals surface area contributed by atoms with Gasteiger partial charge in [-0.05, 0) is 56.5 Å². The molecule has 1 saturated carbocycles. The fraction of sp³-hybridized carbons (Fsp3) is 0.625. The van der Waals surface area contributed by atoms with Crippen molar-refractivity contribution >= 4 is 11.8 Å². The summed E-state index contributed by atoms with van der Waals surface area (Å²) in [6.45, 7) is 2.44. The number of thioether (sulfide) groups is 1. The number of benzene rings is 1. The monoisotopic (exact) mass is 279 g/mol. The predicted molar refractivity (Wildman–Crippen MR) is 82.7 cm³/mol. The number of rotatable bonds is 6. The molecule has 3 heteroatoms. The normalized spacial score (nSPS) is 26.8. The average molecular weight is 279 g/mol. The summed E-state index contributed by atoms with van der Waals surface area (Å²) in [5.74, 6) is 1.75. The van der Waals surface area contributed by atoms with E-state index in [9.17, 15) is 5.11 Å². The fourth-order valence-electron chi connectivity index (χ4n) is 3.21. The standard InChI is InChI=1S/C16H25NOS/c1-13-6-3-4-8-15(13)19-11-9-14-7-5-10-16(14,12-18)17-2/h3-4,6,8,14,17-18H,5,7,9-12H2,1-2H3. The third-order valence-corrected chi connectivity index (χ3v) is 5.76. The van der Waals surface area contributed by atoms with Crippen LogP contribution in [0.4, 0.5) is 0 Å². The zero-order valence-corrected chi connectivity index (χ0v) is 12.8. The van der Waals surface area contributed by atoms with Crippen LogP contribution in [0.3, 0.4) is 0 Å². The molecular weight excluding hydrogens is 254 g/mol. The van der Waals surface area contributed by atoms with Gasteiger partial charge in [0.05, 0.1) is 6.61 Å². The van der Waals surface area contributed by atoms with Crippen LogP contribution in [0.2, 0.25) is 0 Å². The highest BCUT2D eigenvalue weighted by molar-refractivity contribution is 7.99. The topological polar surface area (TPSA) is 32.3 Å². The van der Waals surface area contributed by atoms with Gasteiger partial charge in [0.15, 0.2) is 0 Å². The molecule has 1 aliphatic rings. The molecule has 1 aromatic rings. The van der Waals surface area contributed by atoms with Gasteiger partial charge in [0.1, 0.15) is 0 Å². The number of aryl methyl sites for hydroxylation is 1. The van der Waals surface area contributed by atoms with E-state index in [1.54, 1.807) is 0 Å². The average Bonchev–Trinajstić information content (AvgIpc) is 2.84. The Morgan fingerprint density at radius 3 is 2.89 bits per heavy atom. The zero-order chi connectivity index (χ0) is 13.7. The van der Waals surface area contributed by atoms with Crippen molar-refractivity contribution in [3.05, 3.63) is 29.8 Å². The first-order chi connectivity index (χ1) is 9.22. The second-order valence-electron chi connectivity index (χ2n) is 5.56. The highest BCUT2D eigenvalue weighted by Crippen LogP contribution is 2.38. The molecular formula is C16H25NOS. The molecule has 2 N–H and O–H groups in total.